The number of carbonyl (C=O) groups excluding carboxylic acids is 1. The van der Waals surface area contributed by atoms with E-state index in [1.807, 2.05) is 52.8 Å². The van der Waals surface area contributed by atoms with Crippen LogP contribution in [-0.4, -0.2) is 37.0 Å². The quantitative estimate of drug-likeness (QED) is 0.500. The van der Waals surface area contributed by atoms with E-state index >= 15 is 0 Å². The Hall–Kier alpha value is -3.26. The van der Waals surface area contributed by atoms with Gasteiger partial charge in [0, 0.05) is 43.7 Å². The maximum Gasteiger partial charge on any atom is 0.221 e. The summed E-state index contributed by atoms with van der Waals surface area (Å²) < 4.78 is 3.69. The Kier molecular flexibility index (Phi) is 5.58. The minimum absolute atomic E-state index is 0.00489. The van der Waals surface area contributed by atoms with Crippen LogP contribution in [0.2, 0.25) is 0 Å². The maximum absolute atomic E-state index is 12.1. The van der Waals surface area contributed by atoms with Crippen LogP contribution in [0.5, 0.6) is 0 Å². The third-order valence-corrected chi connectivity index (χ3v) is 5.18. The number of hydrogen-bond acceptors (Lipinski definition) is 5. The number of nitrogens with one attached hydrogen (secondary N) is 1. The molecule has 8 heteroatoms. The van der Waals surface area contributed by atoms with Gasteiger partial charge in [-0.15, -0.1) is 11.3 Å². The summed E-state index contributed by atoms with van der Waals surface area (Å²) in [5.41, 5.74) is 2.91. The van der Waals surface area contributed by atoms with Crippen LogP contribution < -0.4 is 5.32 Å². The second kappa shape index (κ2) is 8.62. The Bertz CT molecular complexity index is 1010. The molecule has 0 saturated heterocycles. The molecule has 0 spiro atoms. The van der Waals surface area contributed by atoms with Crippen LogP contribution in [0.25, 0.3) is 21.8 Å². The highest BCUT2D eigenvalue weighted by Gasteiger charge is 2.16. The van der Waals surface area contributed by atoms with Gasteiger partial charge in [0.05, 0.1) is 29.0 Å². The number of pyridine rings is 1. The predicted octanol–water partition coefficient (Wildman–Crippen LogP) is 3.08. The van der Waals surface area contributed by atoms with Gasteiger partial charge in [-0.05, 0) is 29.6 Å². The molecule has 1 N–H and O–H groups in total. The summed E-state index contributed by atoms with van der Waals surface area (Å²) in [4.78, 5) is 17.7. The van der Waals surface area contributed by atoms with Crippen molar-refractivity contribution in [2.45, 2.75) is 19.5 Å². The van der Waals surface area contributed by atoms with Gasteiger partial charge in [-0.25, -0.2) is 0 Å². The molecular weight excluding hydrogens is 372 g/mol. The van der Waals surface area contributed by atoms with Crippen molar-refractivity contribution in [1.82, 2.24) is 29.9 Å². The van der Waals surface area contributed by atoms with Crippen molar-refractivity contribution in [2.24, 2.45) is 0 Å². The first-order valence-electron chi connectivity index (χ1n) is 9.06. The first-order chi connectivity index (χ1) is 13.8. The summed E-state index contributed by atoms with van der Waals surface area (Å²) in [6.07, 6.45) is 7.59. The fraction of sp³-hybridized carbons (Fsp3) is 0.200. The smallest absolute Gasteiger partial charge is 0.221 e. The summed E-state index contributed by atoms with van der Waals surface area (Å²) >= 11 is 1.66. The van der Waals surface area contributed by atoms with Crippen molar-refractivity contribution in [3.8, 4) is 21.8 Å². The molecule has 0 aliphatic carbocycles. The minimum Gasteiger partial charge on any atom is -0.354 e. The molecule has 4 rings (SSSR count). The summed E-state index contributed by atoms with van der Waals surface area (Å²) in [6, 6.07) is 11.8. The van der Waals surface area contributed by atoms with E-state index in [9.17, 15) is 4.79 Å². The molecule has 28 heavy (non-hydrogen) atoms. The molecule has 142 valence electrons. The van der Waals surface area contributed by atoms with Gasteiger partial charge in [0.1, 0.15) is 0 Å². The normalized spacial score (nSPS) is 10.9. The predicted molar refractivity (Wildman–Crippen MR) is 109 cm³/mol. The number of rotatable bonds is 8. The van der Waals surface area contributed by atoms with Crippen LogP contribution >= 0.6 is 11.3 Å². The lowest BCUT2D eigenvalue weighted by Crippen LogP contribution is -2.28. The second-order valence-corrected chi connectivity index (χ2v) is 7.14. The highest BCUT2D eigenvalue weighted by atomic mass is 32.1. The van der Waals surface area contributed by atoms with Gasteiger partial charge in [-0.1, -0.05) is 12.1 Å². The van der Waals surface area contributed by atoms with E-state index in [-0.39, 0.29) is 5.91 Å². The van der Waals surface area contributed by atoms with E-state index in [4.69, 9.17) is 0 Å². The summed E-state index contributed by atoms with van der Waals surface area (Å²) in [5.74, 6) is 0.00489. The Balaban J connectivity index is 1.43. The zero-order valence-corrected chi connectivity index (χ0v) is 16.0. The Labute approximate surface area is 166 Å². The summed E-state index contributed by atoms with van der Waals surface area (Å²) in [5, 5.41) is 13.7. The van der Waals surface area contributed by atoms with E-state index in [0.29, 0.717) is 26.1 Å². The average Bonchev–Trinajstić information content (AvgIpc) is 3.48. The topological polar surface area (TPSA) is 77.6 Å². The van der Waals surface area contributed by atoms with Crippen molar-refractivity contribution in [3.05, 3.63) is 66.6 Å². The van der Waals surface area contributed by atoms with E-state index < -0.39 is 0 Å². The van der Waals surface area contributed by atoms with Crippen LogP contribution in [0.1, 0.15) is 6.42 Å². The van der Waals surface area contributed by atoms with Gasteiger partial charge < -0.3 is 5.32 Å². The Morgan fingerprint density at radius 2 is 2.04 bits per heavy atom. The molecule has 0 atom stereocenters. The van der Waals surface area contributed by atoms with E-state index in [1.54, 1.807) is 28.4 Å². The average molecular weight is 392 g/mol. The molecule has 7 nitrogen and oxygen atoms in total. The first-order valence-corrected chi connectivity index (χ1v) is 9.94. The molecule has 0 radical (unpaired) electrons. The van der Waals surface area contributed by atoms with E-state index in [1.165, 1.54) is 0 Å². The lowest BCUT2D eigenvalue weighted by Gasteiger charge is -2.10. The summed E-state index contributed by atoms with van der Waals surface area (Å²) in [6.45, 7) is 1.68. The Morgan fingerprint density at radius 1 is 1.07 bits per heavy atom. The lowest BCUT2D eigenvalue weighted by atomic mass is 10.1. The van der Waals surface area contributed by atoms with Gasteiger partial charge in [0.2, 0.25) is 5.91 Å². The largest absolute Gasteiger partial charge is 0.354 e. The molecule has 0 aromatic carbocycles. The highest BCUT2D eigenvalue weighted by Crippen LogP contribution is 2.33. The van der Waals surface area contributed by atoms with Gasteiger partial charge in [-0.2, -0.15) is 10.2 Å². The fourth-order valence-corrected chi connectivity index (χ4v) is 3.76. The molecule has 1 amide bonds. The third kappa shape index (κ3) is 4.17. The molecule has 0 aliphatic heterocycles. The van der Waals surface area contributed by atoms with Crippen molar-refractivity contribution in [3.63, 3.8) is 0 Å². The van der Waals surface area contributed by atoms with Crippen LogP contribution in [0.15, 0.2) is 66.6 Å². The molecule has 4 aromatic heterocycles. The number of aromatic nitrogens is 5. The van der Waals surface area contributed by atoms with Gasteiger partial charge in [-0.3, -0.25) is 19.1 Å². The molecule has 0 unspecified atom stereocenters. The van der Waals surface area contributed by atoms with Crippen molar-refractivity contribution < 1.29 is 4.79 Å². The number of aryl methyl sites for hydroxylation is 1. The number of carbonyl (C=O) groups is 1. The number of hydrogen-bond donors (Lipinski definition) is 1. The molecule has 0 aliphatic rings. The number of nitrogens with zero attached hydrogens (tertiary/aromatic N) is 5. The summed E-state index contributed by atoms with van der Waals surface area (Å²) in [7, 11) is 0. The molecule has 0 saturated carbocycles. The lowest BCUT2D eigenvalue weighted by molar-refractivity contribution is -0.121. The zero-order valence-electron chi connectivity index (χ0n) is 15.2. The van der Waals surface area contributed by atoms with Crippen molar-refractivity contribution in [2.75, 3.05) is 6.54 Å². The molecule has 0 fully saturated rings. The maximum atomic E-state index is 12.1. The third-order valence-electron chi connectivity index (χ3n) is 4.31. The van der Waals surface area contributed by atoms with E-state index in [0.717, 1.165) is 21.8 Å². The Morgan fingerprint density at radius 3 is 2.79 bits per heavy atom. The molecule has 4 heterocycles. The standard InChI is InChI=1S/C20H20N6OS/c27-19(7-12-25-11-4-9-23-25)22-10-13-26-20(18-6-3-14-28-18)16(15-24-26)17-5-1-2-8-21-17/h1-6,8-9,11,14-15H,7,10,12-13H2,(H,22,27). The van der Waals surface area contributed by atoms with Crippen molar-refractivity contribution >= 4 is 17.2 Å². The molecule has 0 bridgehead atoms. The monoisotopic (exact) mass is 392 g/mol. The van der Waals surface area contributed by atoms with Gasteiger partial charge in [0.15, 0.2) is 0 Å². The SMILES string of the molecule is O=C(CCn1cccn1)NCCn1ncc(-c2ccccn2)c1-c1cccs1. The first kappa shape index (κ1) is 18.1. The second-order valence-electron chi connectivity index (χ2n) is 6.19. The van der Waals surface area contributed by atoms with Crippen LogP contribution in [0.3, 0.4) is 0 Å². The number of thiophene rings is 1. The molecule has 4 aromatic rings. The molecular formula is C20H20N6OS. The van der Waals surface area contributed by atoms with Crippen LogP contribution in [0, 0.1) is 0 Å². The van der Waals surface area contributed by atoms with Crippen LogP contribution in [-0.2, 0) is 17.9 Å². The van der Waals surface area contributed by atoms with Crippen molar-refractivity contribution in [1.29, 1.82) is 0 Å². The minimum atomic E-state index is 0.00489. The van der Waals surface area contributed by atoms with Gasteiger partial charge in [0.25, 0.3) is 0 Å². The zero-order chi connectivity index (χ0) is 19.2. The van der Waals surface area contributed by atoms with Gasteiger partial charge >= 0.3 is 0 Å². The van der Waals surface area contributed by atoms with E-state index in [2.05, 4.69) is 26.6 Å². The fourth-order valence-electron chi connectivity index (χ4n) is 2.98. The van der Waals surface area contributed by atoms with Crippen LogP contribution in [0.4, 0.5) is 0 Å². The number of amides is 1. The highest BCUT2D eigenvalue weighted by molar-refractivity contribution is 7.13.